The molecule has 0 aliphatic rings. The summed E-state index contributed by atoms with van der Waals surface area (Å²) in [5.74, 6) is 0. The Morgan fingerprint density at radius 3 is 1.15 bits per heavy atom. The largest absolute Gasteiger partial charge is 4.00 e. The van der Waals surface area contributed by atoms with Crippen molar-refractivity contribution < 1.29 is 35.3 Å². The smallest absolute Gasteiger partial charge is 1.00 e. The zero-order valence-electron chi connectivity index (χ0n) is 18.7. The predicted octanol–water partition coefficient (Wildman–Crippen LogP) is 0.197. The van der Waals surface area contributed by atoms with Gasteiger partial charge in [-0.25, -0.2) is 0 Å². The van der Waals surface area contributed by atoms with E-state index in [2.05, 4.69) is 146 Å². The van der Waals surface area contributed by atoms with E-state index in [4.69, 9.17) is 0 Å². The van der Waals surface area contributed by atoms with Crippen LogP contribution in [0.1, 0.15) is 0 Å². The molecule has 0 bridgehead atoms. The van der Waals surface area contributed by atoms with Crippen molar-refractivity contribution in [1.29, 1.82) is 0 Å². The third kappa shape index (κ3) is 8.77. The quantitative estimate of drug-likeness (QED) is 0.190. The van der Waals surface area contributed by atoms with Crippen LogP contribution in [0.3, 0.4) is 0 Å². The predicted molar refractivity (Wildman–Crippen MR) is 138 cm³/mol. The molecule has 6 aromatic rings. The average molecular weight is 630 g/mol. The van der Waals surface area contributed by atoms with E-state index in [0.717, 1.165) is 0 Å². The molecule has 0 aromatic heterocycles. The first-order chi connectivity index (χ1) is 15.4. The molecule has 6 aromatic carbocycles. The standard InChI is InChI=1S/C12H11Si.2C9H7.2FH.Hf/c1-3-7-11(8-4-1)13-12-9-5-2-6-10-12;2*1-2-5-9-7-3-6-8(9)4-1;;;/h1-10,13H;2*1-7H;2*1H;/q;2*-1;;;+4/p-2. The first-order valence-electron chi connectivity index (χ1n) is 10.5. The van der Waals surface area contributed by atoms with Crippen LogP contribution in [0.4, 0.5) is 0 Å². The Morgan fingerprint density at radius 1 is 0.412 bits per heavy atom. The van der Waals surface area contributed by atoms with Gasteiger partial charge in [0.1, 0.15) is 9.52 Å². The fourth-order valence-corrected chi connectivity index (χ4v) is 4.65. The molecule has 0 spiro atoms. The molecule has 0 heterocycles. The van der Waals surface area contributed by atoms with E-state index in [0.29, 0.717) is 0 Å². The molecule has 0 atom stereocenters. The SMILES string of the molecule is [F-].[F-].[Hf+4].c1ccc([SiH]c2ccccc2)cc1.c1ccc2[cH-]ccc2c1.c1ccc2[cH-]ccc2c1. The zero-order chi connectivity index (χ0) is 21.1. The van der Waals surface area contributed by atoms with Crippen molar-refractivity contribution in [2.24, 2.45) is 0 Å². The van der Waals surface area contributed by atoms with Gasteiger partial charge < -0.3 is 9.41 Å². The molecule has 0 aliphatic carbocycles. The van der Waals surface area contributed by atoms with Crippen molar-refractivity contribution in [3.05, 3.63) is 146 Å². The molecule has 1 radical (unpaired) electrons. The van der Waals surface area contributed by atoms with Gasteiger partial charge in [-0.1, -0.05) is 83.2 Å². The van der Waals surface area contributed by atoms with Crippen LogP contribution < -0.4 is 19.8 Å². The van der Waals surface area contributed by atoms with Crippen LogP contribution in [0.5, 0.6) is 0 Å². The molecule has 0 fully saturated rings. The summed E-state index contributed by atoms with van der Waals surface area (Å²) in [6.07, 6.45) is 0. The minimum atomic E-state index is 0. The Labute approximate surface area is 221 Å². The van der Waals surface area contributed by atoms with Crippen molar-refractivity contribution in [2.45, 2.75) is 0 Å². The number of benzene rings is 4. The van der Waals surface area contributed by atoms with Gasteiger partial charge in [0.25, 0.3) is 0 Å². The maximum Gasteiger partial charge on any atom is 4.00 e. The monoisotopic (exact) mass is 631 g/mol. The Morgan fingerprint density at radius 2 is 0.765 bits per heavy atom. The molecule has 0 saturated heterocycles. The summed E-state index contributed by atoms with van der Waals surface area (Å²) in [6.45, 7) is 0. The molecule has 0 saturated carbocycles. The number of halogens is 2. The van der Waals surface area contributed by atoms with Crippen LogP contribution in [0.15, 0.2) is 146 Å². The second-order valence-corrected chi connectivity index (χ2v) is 8.90. The van der Waals surface area contributed by atoms with Crippen molar-refractivity contribution in [1.82, 2.24) is 0 Å². The second kappa shape index (κ2) is 15.8. The molecule has 167 valence electrons. The molecule has 0 nitrogen and oxygen atoms in total. The molecular formula is C30H25F2HfSi. The van der Waals surface area contributed by atoms with E-state index in [-0.39, 0.29) is 44.8 Å². The van der Waals surface area contributed by atoms with Gasteiger partial charge in [-0.05, 0) is 0 Å². The molecule has 0 N–H and O–H groups in total. The summed E-state index contributed by atoms with van der Waals surface area (Å²) >= 11 is 0. The van der Waals surface area contributed by atoms with Crippen LogP contribution in [-0.2, 0) is 25.8 Å². The number of hydrogen-bond donors (Lipinski definition) is 0. The molecule has 6 rings (SSSR count). The van der Waals surface area contributed by atoms with Gasteiger partial charge in [0.2, 0.25) is 0 Å². The van der Waals surface area contributed by atoms with Crippen molar-refractivity contribution in [3.63, 3.8) is 0 Å². The molecule has 0 unspecified atom stereocenters. The van der Waals surface area contributed by atoms with Crippen LogP contribution in [-0.4, -0.2) is 9.52 Å². The molecular weight excluding hydrogens is 605 g/mol. The Balaban J connectivity index is 0.000000249. The third-order valence-electron chi connectivity index (χ3n) is 5.03. The summed E-state index contributed by atoms with van der Waals surface area (Å²) in [7, 11) is 0.271. The molecule has 34 heavy (non-hydrogen) atoms. The normalized spacial score (nSPS) is 9.18. The number of fused-ring (bicyclic) bond motifs is 2. The van der Waals surface area contributed by atoms with Gasteiger partial charge in [-0.15, -0.1) is 59.3 Å². The third-order valence-corrected chi connectivity index (χ3v) is 6.46. The fourth-order valence-electron chi connectivity index (χ4n) is 3.43. The summed E-state index contributed by atoms with van der Waals surface area (Å²) in [6, 6.07) is 50.7. The van der Waals surface area contributed by atoms with Crippen molar-refractivity contribution in [3.8, 4) is 0 Å². The van der Waals surface area contributed by atoms with E-state index in [1.807, 2.05) is 0 Å². The summed E-state index contributed by atoms with van der Waals surface area (Å²) < 4.78 is 0. The van der Waals surface area contributed by atoms with Crippen molar-refractivity contribution >= 4 is 41.4 Å². The Kier molecular flexibility index (Phi) is 13.5. The van der Waals surface area contributed by atoms with Crippen LogP contribution in [0, 0.1) is 0 Å². The average Bonchev–Trinajstić information content (AvgIpc) is 3.51. The molecule has 4 heteroatoms. The molecule has 0 amide bonds. The van der Waals surface area contributed by atoms with Gasteiger partial charge in [-0.3, -0.25) is 0 Å². The Hall–Kier alpha value is -2.95. The summed E-state index contributed by atoms with van der Waals surface area (Å²) in [5, 5.41) is 8.23. The van der Waals surface area contributed by atoms with E-state index < -0.39 is 0 Å². The number of rotatable bonds is 2. The first-order valence-corrected chi connectivity index (χ1v) is 11.7. The first kappa shape index (κ1) is 29.1. The topological polar surface area (TPSA) is 0 Å². The van der Waals surface area contributed by atoms with Crippen LogP contribution in [0.25, 0.3) is 21.5 Å². The zero-order valence-corrected chi connectivity index (χ0v) is 23.4. The van der Waals surface area contributed by atoms with Crippen molar-refractivity contribution in [2.75, 3.05) is 0 Å². The van der Waals surface area contributed by atoms with Gasteiger partial charge >= 0.3 is 25.8 Å². The summed E-state index contributed by atoms with van der Waals surface area (Å²) in [4.78, 5) is 0. The van der Waals surface area contributed by atoms with Crippen LogP contribution in [0.2, 0.25) is 0 Å². The van der Waals surface area contributed by atoms with Crippen LogP contribution >= 0.6 is 0 Å². The van der Waals surface area contributed by atoms with E-state index in [1.165, 1.54) is 31.9 Å². The minimum absolute atomic E-state index is 0. The fraction of sp³-hybridized carbons (Fsp3) is 0. The molecule has 0 aliphatic heterocycles. The van der Waals surface area contributed by atoms with Gasteiger partial charge in [-0.2, -0.15) is 35.0 Å². The van der Waals surface area contributed by atoms with E-state index in [9.17, 15) is 0 Å². The second-order valence-electron chi connectivity index (χ2n) is 7.28. The summed E-state index contributed by atoms with van der Waals surface area (Å²) in [5.41, 5.74) is 0. The van der Waals surface area contributed by atoms with Gasteiger partial charge in [0.15, 0.2) is 0 Å². The minimum Gasteiger partial charge on any atom is -1.00 e. The maximum absolute atomic E-state index is 2.20. The van der Waals surface area contributed by atoms with E-state index in [1.54, 1.807) is 0 Å². The van der Waals surface area contributed by atoms with Gasteiger partial charge in [0.05, 0.1) is 0 Å². The number of hydrogen-bond acceptors (Lipinski definition) is 0. The Bertz CT molecular complexity index is 1150. The maximum atomic E-state index is 2.20. The van der Waals surface area contributed by atoms with Gasteiger partial charge in [0, 0.05) is 0 Å². The van der Waals surface area contributed by atoms with E-state index >= 15 is 0 Å².